The lowest BCUT2D eigenvalue weighted by atomic mass is 9.88. The van der Waals surface area contributed by atoms with Crippen LogP contribution in [0.3, 0.4) is 0 Å². The molecule has 1 aliphatic heterocycles. The average molecular weight is 339 g/mol. The van der Waals surface area contributed by atoms with Gasteiger partial charge < -0.3 is 14.6 Å². The van der Waals surface area contributed by atoms with E-state index in [4.69, 9.17) is 9.47 Å². The standard InChI is InChI=1S/C21H25NO3/c1-4-10-22-11-9-16-14-17(24-2)6-7-18(16)19(22)12-15-5-8-21(25-3)20(23)13-15/h4-8,13-14,19,23H,1,9-12H2,2-3H3. The molecule has 2 aromatic carbocycles. The van der Waals surface area contributed by atoms with Gasteiger partial charge in [0.25, 0.3) is 0 Å². The van der Waals surface area contributed by atoms with Crippen molar-refractivity contribution >= 4 is 0 Å². The number of hydrogen-bond donors (Lipinski definition) is 1. The second kappa shape index (κ2) is 7.62. The molecule has 0 spiro atoms. The molecule has 0 aromatic heterocycles. The van der Waals surface area contributed by atoms with Crippen LogP contribution in [-0.4, -0.2) is 37.3 Å². The third-order valence-corrected chi connectivity index (χ3v) is 4.85. The van der Waals surface area contributed by atoms with Gasteiger partial charge in [-0.3, -0.25) is 4.90 Å². The molecule has 132 valence electrons. The van der Waals surface area contributed by atoms with Crippen molar-refractivity contribution in [1.82, 2.24) is 4.90 Å². The van der Waals surface area contributed by atoms with Gasteiger partial charge in [-0.2, -0.15) is 0 Å². The van der Waals surface area contributed by atoms with E-state index in [0.29, 0.717) is 5.75 Å². The molecule has 4 heteroatoms. The fourth-order valence-corrected chi connectivity index (χ4v) is 3.58. The molecule has 0 saturated carbocycles. The Morgan fingerprint density at radius 3 is 2.72 bits per heavy atom. The Morgan fingerprint density at radius 2 is 2.04 bits per heavy atom. The van der Waals surface area contributed by atoms with Crippen LogP contribution < -0.4 is 9.47 Å². The molecule has 25 heavy (non-hydrogen) atoms. The Hall–Kier alpha value is -2.46. The van der Waals surface area contributed by atoms with Gasteiger partial charge in [0.05, 0.1) is 14.2 Å². The molecule has 3 rings (SSSR count). The number of fused-ring (bicyclic) bond motifs is 1. The number of phenols is 1. The van der Waals surface area contributed by atoms with Crippen LogP contribution in [0.1, 0.15) is 22.7 Å². The third kappa shape index (κ3) is 3.64. The second-order valence-corrected chi connectivity index (χ2v) is 6.32. The smallest absolute Gasteiger partial charge is 0.160 e. The number of hydrogen-bond acceptors (Lipinski definition) is 4. The molecule has 1 N–H and O–H groups in total. The van der Waals surface area contributed by atoms with Crippen molar-refractivity contribution in [3.05, 3.63) is 65.7 Å². The van der Waals surface area contributed by atoms with Gasteiger partial charge in [0.15, 0.2) is 11.5 Å². The summed E-state index contributed by atoms with van der Waals surface area (Å²) in [4.78, 5) is 2.43. The topological polar surface area (TPSA) is 41.9 Å². The van der Waals surface area contributed by atoms with Crippen LogP contribution in [-0.2, 0) is 12.8 Å². The minimum atomic E-state index is 0.182. The van der Waals surface area contributed by atoms with Crippen LogP contribution in [0.4, 0.5) is 0 Å². The first kappa shape index (κ1) is 17.4. The quantitative estimate of drug-likeness (QED) is 0.814. The minimum absolute atomic E-state index is 0.182. The van der Waals surface area contributed by atoms with E-state index in [0.717, 1.165) is 37.2 Å². The first-order chi connectivity index (χ1) is 12.2. The zero-order valence-corrected chi connectivity index (χ0v) is 14.9. The van der Waals surface area contributed by atoms with E-state index >= 15 is 0 Å². The number of benzene rings is 2. The van der Waals surface area contributed by atoms with Crippen molar-refractivity contribution in [1.29, 1.82) is 0 Å². The van der Waals surface area contributed by atoms with Crippen LogP contribution in [0, 0.1) is 0 Å². The highest BCUT2D eigenvalue weighted by molar-refractivity contribution is 5.44. The summed E-state index contributed by atoms with van der Waals surface area (Å²) in [6.45, 7) is 5.73. The fraction of sp³-hybridized carbons (Fsp3) is 0.333. The number of methoxy groups -OCH3 is 2. The normalized spacial score (nSPS) is 17.0. The molecular formula is C21H25NO3. The summed E-state index contributed by atoms with van der Waals surface area (Å²) < 4.78 is 10.5. The van der Waals surface area contributed by atoms with Gasteiger partial charge in [0, 0.05) is 19.1 Å². The summed E-state index contributed by atoms with van der Waals surface area (Å²) in [6, 6.07) is 12.2. The van der Waals surface area contributed by atoms with Crippen molar-refractivity contribution in [2.75, 3.05) is 27.3 Å². The average Bonchev–Trinajstić information content (AvgIpc) is 2.63. The monoisotopic (exact) mass is 339 g/mol. The molecule has 4 nitrogen and oxygen atoms in total. The molecule has 2 aromatic rings. The Kier molecular flexibility index (Phi) is 5.29. The highest BCUT2D eigenvalue weighted by Crippen LogP contribution is 2.36. The first-order valence-electron chi connectivity index (χ1n) is 8.54. The highest BCUT2D eigenvalue weighted by atomic mass is 16.5. The van der Waals surface area contributed by atoms with Crippen LogP contribution >= 0.6 is 0 Å². The van der Waals surface area contributed by atoms with E-state index in [1.165, 1.54) is 11.1 Å². The molecule has 1 heterocycles. The molecule has 1 atom stereocenters. The van der Waals surface area contributed by atoms with E-state index in [-0.39, 0.29) is 11.8 Å². The van der Waals surface area contributed by atoms with Crippen molar-refractivity contribution in [3.8, 4) is 17.2 Å². The zero-order chi connectivity index (χ0) is 17.8. The molecule has 1 unspecified atom stereocenters. The maximum absolute atomic E-state index is 10.1. The Bertz CT molecular complexity index is 757. The number of rotatable bonds is 6. The Labute approximate surface area is 149 Å². The van der Waals surface area contributed by atoms with Crippen LogP contribution in [0.15, 0.2) is 49.1 Å². The number of ether oxygens (including phenoxy) is 2. The largest absolute Gasteiger partial charge is 0.504 e. The summed E-state index contributed by atoms with van der Waals surface area (Å²) in [5, 5.41) is 10.1. The predicted molar refractivity (Wildman–Crippen MR) is 99.6 cm³/mol. The van der Waals surface area contributed by atoms with Gasteiger partial charge in [-0.15, -0.1) is 6.58 Å². The van der Waals surface area contributed by atoms with Crippen LogP contribution in [0.2, 0.25) is 0 Å². The second-order valence-electron chi connectivity index (χ2n) is 6.32. The molecule has 1 aliphatic rings. The summed E-state index contributed by atoms with van der Waals surface area (Å²) in [5.41, 5.74) is 3.74. The van der Waals surface area contributed by atoms with E-state index in [2.05, 4.69) is 23.6 Å². The van der Waals surface area contributed by atoms with Gasteiger partial charge in [0.2, 0.25) is 0 Å². The third-order valence-electron chi connectivity index (χ3n) is 4.85. The van der Waals surface area contributed by atoms with Crippen LogP contribution in [0.25, 0.3) is 0 Å². The SMILES string of the molecule is C=CCN1CCc2cc(OC)ccc2C1Cc1ccc(OC)c(O)c1. The van der Waals surface area contributed by atoms with Gasteiger partial charge >= 0.3 is 0 Å². The van der Waals surface area contributed by atoms with Gasteiger partial charge in [-0.25, -0.2) is 0 Å². The lowest BCUT2D eigenvalue weighted by Crippen LogP contribution is -2.36. The van der Waals surface area contributed by atoms with Crippen LogP contribution in [0.5, 0.6) is 17.2 Å². The van der Waals surface area contributed by atoms with Crippen molar-refractivity contribution in [2.45, 2.75) is 18.9 Å². The summed E-state index contributed by atoms with van der Waals surface area (Å²) in [5.74, 6) is 1.58. The summed E-state index contributed by atoms with van der Waals surface area (Å²) in [6.07, 6.45) is 3.78. The lowest BCUT2D eigenvalue weighted by Gasteiger charge is -2.37. The zero-order valence-electron chi connectivity index (χ0n) is 14.9. The summed E-state index contributed by atoms with van der Waals surface area (Å²) >= 11 is 0. The van der Waals surface area contributed by atoms with Gasteiger partial charge in [-0.05, 0) is 53.8 Å². The minimum Gasteiger partial charge on any atom is -0.504 e. The van der Waals surface area contributed by atoms with E-state index < -0.39 is 0 Å². The maximum Gasteiger partial charge on any atom is 0.160 e. The molecule has 0 aliphatic carbocycles. The van der Waals surface area contributed by atoms with E-state index in [1.54, 1.807) is 20.3 Å². The van der Waals surface area contributed by atoms with E-state index in [9.17, 15) is 5.11 Å². The van der Waals surface area contributed by atoms with Gasteiger partial charge in [-0.1, -0.05) is 18.2 Å². The molecule has 0 fully saturated rings. The molecule has 0 amide bonds. The molecule has 0 saturated heterocycles. The predicted octanol–water partition coefficient (Wildman–Crippen LogP) is 3.74. The Morgan fingerprint density at radius 1 is 1.20 bits per heavy atom. The molecular weight excluding hydrogens is 314 g/mol. The van der Waals surface area contributed by atoms with Crippen molar-refractivity contribution in [2.24, 2.45) is 0 Å². The van der Waals surface area contributed by atoms with Crippen molar-refractivity contribution < 1.29 is 14.6 Å². The van der Waals surface area contributed by atoms with E-state index in [1.807, 2.05) is 24.3 Å². The van der Waals surface area contributed by atoms with Crippen molar-refractivity contribution in [3.63, 3.8) is 0 Å². The lowest BCUT2D eigenvalue weighted by molar-refractivity contribution is 0.204. The number of phenolic OH excluding ortho intramolecular Hbond substituents is 1. The number of nitrogens with zero attached hydrogens (tertiary/aromatic N) is 1. The highest BCUT2D eigenvalue weighted by Gasteiger charge is 2.27. The maximum atomic E-state index is 10.1. The number of aromatic hydroxyl groups is 1. The Balaban J connectivity index is 1.93. The summed E-state index contributed by atoms with van der Waals surface area (Å²) in [7, 11) is 3.26. The molecule has 0 radical (unpaired) electrons. The fourth-order valence-electron chi connectivity index (χ4n) is 3.58. The van der Waals surface area contributed by atoms with Gasteiger partial charge in [0.1, 0.15) is 5.75 Å². The molecule has 0 bridgehead atoms. The first-order valence-corrected chi connectivity index (χ1v) is 8.54.